The molecule has 3 heterocycles. The fraction of sp³-hybridized carbons (Fsp3) is 0.526. The van der Waals surface area contributed by atoms with Crippen LogP contribution in [0.5, 0.6) is 0 Å². The van der Waals surface area contributed by atoms with Crippen molar-refractivity contribution >= 4 is 11.5 Å². The number of carbonyl (C=O) groups excluding carboxylic acids is 1. The Morgan fingerprint density at radius 1 is 1.26 bits per heavy atom. The van der Waals surface area contributed by atoms with Crippen LogP contribution in [0.25, 0.3) is 5.57 Å². The van der Waals surface area contributed by atoms with Gasteiger partial charge in [0.25, 0.3) is 0 Å². The molecule has 3 saturated heterocycles. The zero-order valence-corrected chi connectivity index (χ0v) is 13.5. The number of piperidine rings is 3. The maximum absolute atomic E-state index is 13.7. The second-order valence-electron chi connectivity index (χ2n) is 7.25. The van der Waals surface area contributed by atoms with Gasteiger partial charge in [-0.2, -0.15) is 0 Å². The number of nitrogens with zero attached hydrogens (tertiary/aromatic N) is 1. The number of esters is 1. The van der Waals surface area contributed by atoms with E-state index in [0.717, 1.165) is 50.0 Å². The first-order valence-electron chi connectivity index (χ1n) is 8.45. The lowest BCUT2D eigenvalue weighted by atomic mass is 9.73. The second-order valence-corrected chi connectivity index (χ2v) is 7.25. The van der Waals surface area contributed by atoms with Gasteiger partial charge in [-0.25, -0.2) is 9.18 Å². The molecule has 0 amide bonds. The van der Waals surface area contributed by atoms with E-state index in [9.17, 15) is 9.18 Å². The highest BCUT2D eigenvalue weighted by Gasteiger charge is 2.40. The average Bonchev–Trinajstić information content (AvgIpc) is 2.98. The smallest absolute Gasteiger partial charge is 0.338 e. The van der Waals surface area contributed by atoms with Crippen LogP contribution in [0.1, 0.15) is 36.0 Å². The molecule has 0 saturated carbocycles. The van der Waals surface area contributed by atoms with E-state index in [1.165, 1.54) is 6.07 Å². The second kappa shape index (κ2) is 5.45. The highest BCUT2D eigenvalue weighted by atomic mass is 19.1. The van der Waals surface area contributed by atoms with Crippen molar-refractivity contribution in [2.45, 2.75) is 32.6 Å². The molecule has 0 spiro atoms. The standard InChI is InChI=1S/C19H22FNO2/c1-13-10-16-14(11-17(13)20)2-3-15(16)18(22)23-12-19-4-7-21(8-5-19)9-6-19/h3,10-11H,2,4-9,12H2,1H3. The van der Waals surface area contributed by atoms with Crippen LogP contribution in [0.15, 0.2) is 18.2 Å². The zero-order valence-electron chi connectivity index (χ0n) is 13.5. The van der Waals surface area contributed by atoms with Gasteiger partial charge in [-0.1, -0.05) is 6.08 Å². The zero-order chi connectivity index (χ0) is 16.0. The summed E-state index contributed by atoms with van der Waals surface area (Å²) in [6.45, 7) is 5.63. The summed E-state index contributed by atoms with van der Waals surface area (Å²) in [7, 11) is 0. The lowest BCUT2D eigenvalue weighted by molar-refractivity contribution is -0.143. The number of rotatable bonds is 3. The molecule has 0 atom stereocenters. The van der Waals surface area contributed by atoms with Crippen molar-refractivity contribution in [3.8, 4) is 0 Å². The van der Waals surface area contributed by atoms with Gasteiger partial charge in [0.15, 0.2) is 0 Å². The maximum Gasteiger partial charge on any atom is 0.338 e. The van der Waals surface area contributed by atoms with E-state index in [2.05, 4.69) is 4.90 Å². The van der Waals surface area contributed by atoms with Gasteiger partial charge in [-0.3, -0.25) is 0 Å². The first-order chi connectivity index (χ1) is 11.1. The van der Waals surface area contributed by atoms with Crippen LogP contribution in [-0.4, -0.2) is 37.1 Å². The summed E-state index contributed by atoms with van der Waals surface area (Å²) in [5, 5.41) is 0. The van der Waals surface area contributed by atoms with Crippen LogP contribution in [0.3, 0.4) is 0 Å². The molecule has 1 aliphatic carbocycles. The number of halogens is 1. The van der Waals surface area contributed by atoms with Crippen LogP contribution in [-0.2, 0) is 16.0 Å². The fourth-order valence-electron chi connectivity index (χ4n) is 4.07. The van der Waals surface area contributed by atoms with Gasteiger partial charge in [0, 0.05) is 5.41 Å². The van der Waals surface area contributed by atoms with Crippen molar-refractivity contribution in [1.82, 2.24) is 4.90 Å². The Balaban J connectivity index is 1.46. The summed E-state index contributed by atoms with van der Waals surface area (Å²) in [6.07, 6.45) is 5.85. The highest BCUT2D eigenvalue weighted by Crippen LogP contribution is 2.40. The van der Waals surface area contributed by atoms with E-state index in [-0.39, 0.29) is 17.2 Å². The Labute approximate surface area is 136 Å². The molecule has 0 N–H and O–H groups in total. The molecule has 23 heavy (non-hydrogen) atoms. The van der Waals surface area contributed by atoms with E-state index in [1.54, 1.807) is 13.0 Å². The van der Waals surface area contributed by atoms with Crippen LogP contribution < -0.4 is 0 Å². The Bertz CT molecular complexity index is 673. The number of hydrogen-bond donors (Lipinski definition) is 0. The number of fused-ring (bicyclic) bond motifs is 4. The van der Waals surface area contributed by atoms with E-state index in [4.69, 9.17) is 4.74 Å². The normalized spacial score (nSPS) is 28.4. The summed E-state index contributed by atoms with van der Waals surface area (Å²) >= 11 is 0. The monoisotopic (exact) mass is 315 g/mol. The maximum atomic E-state index is 13.7. The summed E-state index contributed by atoms with van der Waals surface area (Å²) < 4.78 is 19.3. The lowest BCUT2D eigenvalue weighted by Crippen LogP contribution is -2.50. The largest absolute Gasteiger partial charge is 0.461 e. The summed E-state index contributed by atoms with van der Waals surface area (Å²) in [6, 6.07) is 3.30. The Kier molecular flexibility index (Phi) is 3.52. The van der Waals surface area contributed by atoms with Crippen LogP contribution in [0.2, 0.25) is 0 Å². The first-order valence-corrected chi connectivity index (χ1v) is 8.45. The van der Waals surface area contributed by atoms with Gasteiger partial charge in [0.1, 0.15) is 5.82 Å². The van der Waals surface area contributed by atoms with Gasteiger partial charge >= 0.3 is 5.97 Å². The quantitative estimate of drug-likeness (QED) is 0.803. The molecule has 3 nitrogen and oxygen atoms in total. The number of benzene rings is 1. The van der Waals surface area contributed by atoms with Gasteiger partial charge in [-0.05, 0) is 81.1 Å². The summed E-state index contributed by atoms with van der Waals surface area (Å²) in [4.78, 5) is 15.0. The van der Waals surface area contributed by atoms with Gasteiger partial charge in [0.2, 0.25) is 0 Å². The van der Waals surface area contributed by atoms with Crippen molar-refractivity contribution in [1.29, 1.82) is 0 Å². The third-order valence-corrected chi connectivity index (χ3v) is 5.81. The molecule has 122 valence electrons. The number of aryl methyl sites for hydroxylation is 1. The average molecular weight is 315 g/mol. The lowest BCUT2D eigenvalue weighted by Gasteiger charge is -2.47. The van der Waals surface area contributed by atoms with Crippen molar-refractivity contribution < 1.29 is 13.9 Å². The molecule has 0 radical (unpaired) electrons. The van der Waals surface area contributed by atoms with Crippen LogP contribution in [0, 0.1) is 18.2 Å². The van der Waals surface area contributed by atoms with Gasteiger partial charge < -0.3 is 9.64 Å². The van der Waals surface area contributed by atoms with E-state index in [0.29, 0.717) is 24.2 Å². The van der Waals surface area contributed by atoms with E-state index in [1.807, 2.05) is 6.08 Å². The molecular formula is C19H22FNO2. The SMILES string of the molecule is Cc1cc2c(cc1F)CC=C2C(=O)OCC12CCN(CC1)CC2. The van der Waals surface area contributed by atoms with Crippen molar-refractivity contribution in [3.05, 3.63) is 40.7 Å². The number of carbonyl (C=O) groups is 1. The molecule has 5 rings (SSSR count). The summed E-state index contributed by atoms with van der Waals surface area (Å²) in [5.41, 5.74) is 3.08. The molecule has 4 heteroatoms. The molecule has 3 aliphatic heterocycles. The van der Waals surface area contributed by atoms with Gasteiger partial charge in [-0.15, -0.1) is 0 Å². The molecular weight excluding hydrogens is 293 g/mol. The third kappa shape index (κ3) is 2.59. The molecule has 0 aromatic heterocycles. The molecule has 4 aliphatic rings. The minimum atomic E-state index is -0.253. The predicted octanol–water partition coefficient (Wildman–Crippen LogP) is 3.10. The number of hydrogen-bond acceptors (Lipinski definition) is 3. The molecule has 0 unspecified atom stereocenters. The first kappa shape index (κ1) is 14.9. The van der Waals surface area contributed by atoms with Crippen molar-refractivity contribution in [2.24, 2.45) is 5.41 Å². The third-order valence-electron chi connectivity index (χ3n) is 5.81. The fourth-order valence-corrected chi connectivity index (χ4v) is 4.07. The van der Waals surface area contributed by atoms with Crippen LogP contribution in [0.4, 0.5) is 4.39 Å². The molecule has 1 aromatic carbocycles. The minimum Gasteiger partial charge on any atom is -0.461 e. The number of ether oxygens (including phenoxy) is 1. The minimum absolute atomic E-state index is 0.186. The molecule has 1 aromatic rings. The number of allylic oxidation sites excluding steroid dienone is 1. The predicted molar refractivity (Wildman–Crippen MR) is 86.5 cm³/mol. The Morgan fingerprint density at radius 2 is 1.96 bits per heavy atom. The Hall–Kier alpha value is -1.68. The molecule has 2 bridgehead atoms. The topological polar surface area (TPSA) is 29.5 Å². The Morgan fingerprint density at radius 3 is 2.65 bits per heavy atom. The molecule has 3 fully saturated rings. The van der Waals surface area contributed by atoms with E-state index >= 15 is 0 Å². The van der Waals surface area contributed by atoms with Crippen molar-refractivity contribution in [3.63, 3.8) is 0 Å². The van der Waals surface area contributed by atoms with E-state index < -0.39 is 0 Å². The van der Waals surface area contributed by atoms with Crippen molar-refractivity contribution in [2.75, 3.05) is 26.2 Å². The summed E-state index contributed by atoms with van der Waals surface area (Å²) in [5.74, 6) is -0.461. The highest BCUT2D eigenvalue weighted by molar-refractivity contribution is 6.18. The van der Waals surface area contributed by atoms with Crippen LogP contribution >= 0.6 is 0 Å². The van der Waals surface area contributed by atoms with Gasteiger partial charge in [0.05, 0.1) is 12.2 Å².